The van der Waals surface area contributed by atoms with Crippen LogP contribution >= 0.6 is 34.9 Å². The van der Waals surface area contributed by atoms with Crippen molar-refractivity contribution in [3.63, 3.8) is 0 Å². The van der Waals surface area contributed by atoms with E-state index in [2.05, 4.69) is 83.4 Å². The molecule has 3 heterocycles. The van der Waals surface area contributed by atoms with E-state index >= 15 is 0 Å². The average Bonchev–Trinajstić information content (AvgIpc) is 3.88. The van der Waals surface area contributed by atoms with Crippen LogP contribution in [0.5, 0.6) is 0 Å². The Balaban J connectivity index is 1.15. The van der Waals surface area contributed by atoms with Gasteiger partial charge in [0.1, 0.15) is 33.4 Å². The molecule has 0 fully saturated rings. The smallest absolute Gasteiger partial charge is 0.329 e. The lowest BCUT2D eigenvalue weighted by atomic mass is 9.84. The SMILES string of the molecule is CC(C)[C@@H]1NC(=O)[C@]2(C)CSC(=N2)c2nc(sc2-c2ccc(CO)cc2)CNC(=O)C[C@@H](/C=C/CCSC(c2ccccc2)(c2ccccc2)c2ccccc2)OC1=O. The molecule has 59 heavy (non-hydrogen) atoms. The van der Waals surface area contributed by atoms with E-state index in [-0.39, 0.29) is 37.3 Å². The number of thioether (sulfide) groups is 2. The number of aromatic nitrogens is 1. The fourth-order valence-electron chi connectivity index (χ4n) is 7.17. The zero-order valence-corrected chi connectivity index (χ0v) is 35.7. The minimum Gasteiger partial charge on any atom is -0.456 e. The summed E-state index contributed by atoms with van der Waals surface area (Å²) in [5, 5.41) is 16.8. The number of benzene rings is 4. The zero-order chi connectivity index (χ0) is 41.4. The maximum atomic E-state index is 13.9. The molecule has 7 rings (SSSR count). The molecule has 4 bridgehead atoms. The van der Waals surface area contributed by atoms with E-state index in [1.165, 1.54) is 39.8 Å². The quantitative estimate of drug-likeness (QED) is 0.0525. The van der Waals surface area contributed by atoms with Crippen LogP contribution in [0.15, 0.2) is 132 Å². The highest BCUT2D eigenvalue weighted by Crippen LogP contribution is 2.48. The molecule has 5 aromatic rings. The highest BCUT2D eigenvalue weighted by Gasteiger charge is 2.42. The maximum Gasteiger partial charge on any atom is 0.329 e. The van der Waals surface area contributed by atoms with Crippen molar-refractivity contribution in [1.29, 1.82) is 0 Å². The summed E-state index contributed by atoms with van der Waals surface area (Å²) in [4.78, 5) is 52.1. The topological polar surface area (TPSA) is 130 Å². The van der Waals surface area contributed by atoms with Crippen molar-refractivity contribution in [2.24, 2.45) is 10.9 Å². The minimum absolute atomic E-state index is 0.0701. The van der Waals surface area contributed by atoms with E-state index in [1.54, 1.807) is 13.0 Å². The summed E-state index contributed by atoms with van der Waals surface area (Å²) >= 11 is 4.71. The third-order valence-corrected chi connectivity index (χ3v) is 14.3. The molecule has 2 aliphatic heterocycles. The minimum atomic E-state index is -1.15. The van der Waals surface area contributed by atoms with Crippen molar-refractivity contribution in [3.05, 3.63) is 160 Å². The van der Waals surface area contributed by atoms with E-state index in [1.807, 2.05) is 74.1 Å². The Hall–Kier alpha value is -5.01. The molecule has 0 spiro atoms. The van der Waals surface area contributed by atoms with Gasteiger partial charge in [-0.2, -0.15) is 0 Å². The maximum absolute atomic E-state index is 13.9. The first-order valence-corrected chi connectivity index (χ1v) is 22.6. The molecule has 1 aromatic heterocycles. The summed E-state index contributed by atoms with van der Waals surface area (Å²) in [5.74, 6) is -0.497. The van der Waals surface area contributed by atoms with E-state index in [0.717, 1.165) is 21.8 Å². The fraction of sp³-hybridized carbons (Fsp3) is 0.298. The summed E-state index contributed by atoms with van der Waals surface area (Å²) in [7, 11) is 0. The second kappa shape index (κ2) is 18.9. The predicted molar refractivity (Wildman–Crippen MR) is 239 cm³/mol. The predicted octanol–water partition coefficient (Wildman–Crippen LogP) is 8.30. The van der Waals surface area contributed by atoms with Gasteiger partial charge in [0.2, 0.25) is 11.8 Å². The molecule has 4 aromatic carbocycles. The van der Waals surface area contributed by atoms with Crippen LogP contribution in [-0.2, 0) is 37.0 Å². The lowest BCUT2D eigenvalue weighted by Gasteiger charge is -2.35. The van der Waals surface area contributed by atoms with Crippen LogP contribution in [0.2, 0.25) is 0 Å². The second-order valence-electron chi connectivity index (χ2n) is 15.1. The van der Waals surface area contributed by atoms with Crippen LogP contribution in [0.25, 0.3) is 10.4 Å². The number of aliphatic hydroxyl groups is 1. The van der Waals surface area contributed by atoms with Gasteiger partial charge in [0.05, 0.1) is 29.2 Å². The number of carbonyl (C=O) groups excluding carboxylic acids is 3. The van der Waals surface area contributed by atoms with Gasteiger partial charge in [-0.15, -0.1) is 34.9 Å². The van der Waals surface area contributed by atoms with Crippen LogP contribution < -0.4 is 10.6 Å². The van der Waals surface area contributed by atoms with Crippen molar-refractivity contribution in [1.82, 2.24) is 15.6 Å². The molecule has 12 heteroatoms. The molecule has 2 amide bonds. The number of hydrogen-bond acceptors (Lipinski definition) is 10. The number of aliphatic hydroxyl groups excluding tert-OH is 1. The fourth-order valence-corrected chi connectivity index (χ4v) is 10.9. The number of fused-ring (bicyclic) bond motifs is 4. The largest absolute Gasteiger partial charge is 0.456 e. The van der Waals surface area contributed by atoms with Crippen LogP contribution in [0.1, 0.15) is 66.6 Å². The van der Waals surface area contributed by atoms with Crippen LogP contribution in [0.4, 0.5) is 0 Å². The lowest BCUT2D eigenvalue weighted by molar-refractivity contribution is -0.153. The van der Waals surface area contributed by atoms with Gasteiger partial charge in [-0.3, -0.25) is 14.6 Å². The zero-order valence-electron chi connectivity index (χ0n) is 33.3. The summed E-state index contributed by atoms with van der Waals surface area (Å²) in [6.07, 6.45) is 3.41. The molecule has 3 atom stereocenters. The van der Waals surface area contributed by atoms with E-state index in [9.17, 15) is 19.5 Å². The van der Waals surface area contributed by atoms with Gasteiger partial charge in [0, 0.05) is 5.75 Å². The second-order valence-corrected chi connectivity index (χ2v) is 18.5. The van der Waals surface area contributed by atoms with E-state index in [4.69, 9.17) is 14.7 Å². The van der Waals surface area contributed by atoms with Gasteiger partial charge < -0.3 is 20.5 Å². The number of allylic oxidation sites excluding steroid dienone is 1. The van der Waals surface area contributed by atoms with Gasteiger partial charge in [-0.25, -0.2) is 9.78 Å². The van der Waals surface area contributed by atoms with Gasteiger partial charge in [-0.05, 0) is 58.9 Å². The van der Waals surface area contributed by atoms with Crippen molar-refractivity contribution < 1.29 is 24.2 Å². The number of carbonyl (C=O) groups is 3. The van der Waals surface area contributed by atoms with Crippen LogP contribution in [0, 0.1) is 5.92 Å². The van der Waals surface area contributed by atoms with Crippen LogP contribution in [0.3, 0.4) is 0 Å². The van der Waals surface area contributed by atoms with Crippen molar-refractivity contribution in [2.75, 3.05) is 11.5 Å². The summed E-state index contributed by atoms with van der Waals surface area (Å²) in [6, 6.07) is 38.1. The molecule has 2 aliphatic rings. The molecule has 9 nitrogen and oxygen atoms in total. The average molecular weight is 845 g/mol. The number of ether oxygens (including phenoxy) is 1. The number of aliphatic imine (C=N–C) groups is 1. The third-order valence-electron chi connectivity index (χ3n) is 10.4. The highest BCUT2D eigenvalue weighted by molar-refractivity contribution is 8.14. The van der Waals surface area contributed by atoms with E-state index < -0.39 is 28.4 Å². The van der Waals surface area contributed by atoms with Gasteiger partial charge >= 0.3 is 5.97 Å². The molecule has 0 radical (unpaired) electrons. The summed E-state index contributed by atoms with van der Waals surface area (Å²) < 4.78 is 5.58. The first kappa shape index (κ1) is 42.1. The van der Waals surface area contributed by atoms with Crippen LogP contribution in [-0.4, -0.2) is 62.1 Å². The standard InChI is InChI=1S/C47H48N4O5S3/c1-31(2)40-44(54)56-37(21-13-14-26-58-47(34-15-7-4-8-16-34,35-17-9-5-10-18-35)36-19-11-6-12-20-36)27-38(53)48-28-39-49-41(43-51-46(3,30-57-43)45(55)50-40)42(59-39)33-24-22-32(29-52)23-25-33/h4-13,15-25,31,37,40,52H,14,26-30H2,1-3H3,(H,48,53)(H,50,55)/b21-13+/t37-,40+,46+/m1/s1. The Morgan fingerprint density at radius 2 is 1.53 bits per heavy atom. The number of cyclic esters (lactones) is 1. The van der Waals surface area contributed by atoms with Gasteiger partial charge in [0.25, 0.3) is 0 Å². The Morgan fingerprint density at radius 3 is 2.10 bits per heavy atom. The number of amides is 2. The first-order valence-electron chi connectivity index (χ1n) is 19.8. The molecule has 0 saturated carbocycles. The monoisotopic (exact) mass is 844 g/mol. The number of rotatable bonds is 11. The Bertz CT molecular complexity index is 2200. The van der Waals surface area contributed by atoms with Crippen molar-refractivity contribution >= 4 is 57.7 Å². The number of thiazole rings is 1. The first-order chi connectivity index (χ1) is 28.6. The highest BCUT2D eigenvalue weighted by atomic mass is 32.2. The third kappa shape index (κ3) is 9.57. The van der Waals surface area contributed by atoms with Gasteiger partial charge in [-0.1, -0.05) is 135 Å². The molecule has 0 aliphatic carbocycles. The number of esters is 1. The summed E-state index contributed by atoms with van der Waals surface area (Å²) in [5.41, 5.74) is 4.67. The Labute approximate surface area is 358 Å². The Morgan fingerprint density at radius 1 is 0.915 bits per heavy atom. The number of nitrogens with zero attached hydrogens (tertiary/aromatic N) is 2. The molecule has 0 saturated heterocycles. The molecular formula is C47H48N4O5S3. The number of nitrogens with one attached hydrogen (secondary N) is 2. The summed E-state index contributed by atoms with van der Waals surface area (Å²) in [6.45, 7) is 5.56. The van der Waals surface area contributed by atoms with Gasteiger partial charge in [0.15, 0.2) is 0 Å². The normalized spacial score (nSPS) is 20.3. The molecule has 304 valence electrons. The Kier molecular flexibility index (Phi) is 13.5. The van der Waals surface area contributed by atoms with E-state index in [0.29, 0.717) is 27.9 Å². The molecular weight excluding hydrogens is 797 g/mol. The molecule has 3 N–H and O–H groups in total. The lowest BCUT2D eigenvalue weighted by Crippen LogP contribution is -2.53. The molecule has 0 unspecified atom stereocenters. The van der Waals surface area contributed by atoms with Crippen molar-refractivity contribution in [2.45, 2.75) is 69.2 Å². The van der Waals surface area contributed by atoms with Crippen molar-refractivity contribution in [3.8, 4) is 10.4 Å². The number of hydrogen-bond donors (Lipinski definition) is 3.